The second-order valence-electron chi connectivity index (χ2n) is 12.2. The van der Waals surface area contributed by atoms with Crippen LogP contribution in [0.1, 0.15) is 75.2 Å². The summed E-state index contributed by atoms with van der Waals surface area (Å²) in [5, 5.41) is 37.9. The maximum absolute atomic E-state index is 13.2. The molecule has 0 saturated carbocycles. The number of hydrogen-bond acceptors (Lipinski definition) is 22. The van der Waals surface area contributed by atoms with E-state index in [2.05, 4.69) is 14.2 Å². The van der Waals surface area contributed by atoms with E-state index in [9.17, 15) is 62.6 Å². The van der Waals surface area contributed by atoms with Gasteiger partial charge in [0.15, 0.2) is 60.5 Å². The molecule has 0 spiro atoms. The van der Waals surface area contributed by atoms with Gasteiger partial charge in [-0.25, -0.2) is 47.9 Å². The van der Waals surface area contributed by atoms with Crippen molar-refractivity contribution in [3.05, 3.63) is 0 Å². The van der Waals surface area contributed by atoms with E-state index in [1.165, 1.54) is 0 Å². The van der Waals surface area contributed by atoms with Crippen molar-refractivity contribution in [1.82, 2.24) is 0 Å². The van der Waals surface area contributed by atoms with Crippen LogP contribution < -0.4 is 0 Å². The summed E-state index contributed by atoms with van der Waals surface area (Å²) in [5.74, 6) is -18.0. The largest absolute Gasteiger partial charge is 0.479 e. The minimum absolute atomic E-state index is 0.845. The van der Waals surface area contributed by atoms with Crippen LogP contribution in [0, 0.1) is 0 Å². The van der Waals surface area contributed by atoms with E-state index in [0.29, 0.717) is 0 Å². The molecule has 326 valence electrons. The number of carboxylic acid groups (broad SMARTS) is 3. The van der Waals surface area contributed by atoms with Crippen LogP contribution in [0.5, 0.6) is 0 Å². The first-order chi connectivity index (χ1) is 26.5. The molecule has 0 rings (SSSR count). The Bertz CT molecular complexity index is 1520. The van der Waals surface area contributed by atoms with Gasteiger partial charge in [0.2, 0.25) is 0 Å². The second kappa shape index (κ2) is 23.0. The van der Waals surface area contributed by atoms with Crippen LogP contribution in [0.3, 0.4) is 0 Å². The van der Waals surface area contributed by atoms with E-state index >= 15 is 0 Å². The van der Waals surface area contributed by atoms with Crippen molar-refractivity contribution in [1.29, 1.82) is 0 Å². The van der Waals surface area contributed by atoms with Crippen LogP contribution in [-0.2, 0) is 100 Å². The van der Waals surface area contributed by atoms with Crippen LogP contribution in [-0.4, -0.2) is 153 Å². The van der Waals surface area contributed by atoms with Gasteiger partial charge in [-0.15, -0.1) is 0 Å². The molecule has 0 bridgehead atoms. The molecule has 0 fully saturated rings. The monoisotopic (exact) mass is 840 g/mol. The van der Waals surface area contributed by atoms with Crippen LogP contribution in [0.15, 0.2) is 0 Å². The lowest BCUT2D eigenvalue weighted by Gasteiger charge is -2.27. The predicted octanol–water partition coefficient (Wildman–Crippen LogP) is -1.86. The quantitative estimate of drug-likeness (QED) is 0.0647. The second-order valence-corrected chi connectivity index (χ2v) is 12.2. The van der Waals surface area contributed by atoms with Crippen LogP contribution in [0.2, 0.25) is 0 Å². The lowest BCUT2D eigenvalue weighted by Crippen LogP contribution is -2.48. The molecule has 0 amide bonds. The van der Waals surface area contributed by atoms with E-state index < -0.39 is 145 Å². The summed E-state index contributed by atoms with van der Waals surface area (Å²) in [7, 11) is 0. The number of carbonyl (C=O) groups excluding carboxylic acids is 9. The summed E-state index contributed by atoms with van der Waals surface area (Å²) in [6, 6.07) is 0. The number of rotatable bonds is 23. The first-order valence-corrected chi connectivity index (χ1v) is 16.8. The maximum atomic E-state index is 13.2. The van der Waals surface area contributed by atoms with E-state index in [4.69, 9.17) is 43.7 Å². The number of esters is 9. The maximum Gasteiger partial charge on any atom is 0.347 e. The summed E-state index contributed by atoms with van der Waals surface area (Å²) in [5.41, 5.74) is -3.36. The minimum atomic E-state index is -3.36. The molecule has 25 nitrogen and oxygen atoms in total. The number of aliphatic hydroxyl groups is 1. The third-order valence-corrected chi connectivity index (χ3v) is 6.95. The third-order valence-electron chi connectivity index (χ3n) is 6.95. The Hall–Kier alpha value is -6.40. The van der Waals surface area contributed by atoms with Gasteiger partial charge in [-0.2, -0.15) is 0 Å². The summed E-state index contributed by atoms with van der Waals surface area (Å²) in [6.07, 6.45) is -19.1. The topological polar surface area (TPSA) is 369 Å². The molecule has 0 saturated heterocycles. The van der Waals surface area contributed by atoms with Gasteiger partial charge in [0.05, 0.1) is 12.8 Å². The average molecular weight is 841 g/mol. The fourth-order valence-corrected chi connectivity index (χ4v) is 3.49. The summed E-state index contributed by atoms with van der Waals surface area (Å²) < 4.78 is 42.5. The lowest BCUT2D eigenvalue weighted by molar-refractivity contribution is -0.193. The zero-order valence-corrected chi connectivity index (χ0v) is 32.5. The lowest BCUT2D eigenvalue weighted by atomic mass is 9.95. The number of ether oxygens (including phenoxy) is 9. The van der Waals surface area contributed by atoms with Gasteiger partial charge in [0, 0.05) is 0 Å². The first-order valence-electron chi connectivity index (χ1n) is 16.8. The average Bonchev–Trinajstić information content (AvgIpc) is 3.10. The van der Waals surface area contributed by atoms with E-state index in [-0.39, 0.29) is 0 Å². The van der Waals surface area contributed by atoms with Gasteiger partial charge in [-0.1, -0.05) is 0 Å². The van der Waals surface area contributed by atoms with Crippen molar-refractivity contribution < 1.29 is 121 Å². The van der Waals surface area contributed by atoms with Crippen LogP contribution in [0.4, 0.5) is 0 Å². The first kappa shape index (κ1) is 51.6. The third kappa shape index (κ3) is 17.6. The zero-order valence-electron chi connectivity index (χ0n) is 32.5. The molecule has 0 aliphatic heterocycles. The Balaban J connectivity index is 6.05. The highest BCUT2D eigenvalue weighted by molar-refractivity contribution is 5.93. The van der Waals surface area contributed by atoms with Crippen molar-refractivity contribution in [3.63, 3.8) is 0 Å². The van der Waals surface area contributed by atoms with E-state index in [0.717, 1.165) is 62.3 Å². The van der Waals surface area contributed by atoms with Crippen molar-refractivity contribution in [2.24, 2.45) is 0 Å². The number of carboxylic acids is 3. The van der Waals surface area contributed by atoms with E-state index in [1.54, 1.807) is 0 Å². The molecule has 0 aromatic heterocycles. The Morgan fingerprint density at radius 3 is 0.759 bits per heavy atom. The summed E-state index contributed by atoms with van der Waals surface area (Å²) >= 11 is 0. The van der Waals surface area contributed by atoms with Crippen molar-refractivity contribution in [2.45, 2.75) is 136 Å². The molecule has 58 heavy (non-hydrogen) atoms. The molecule has 0 aromatic rings. The number of aliphatic carboxylic acids is 3. The Morgan fingerprint density at radius 2 is 0.534 bits per heavy atom. The van der Waals surface area contributed by atoms with Gasteiger partial charge in [-0.05, 0) is 62.3 Å². The van der Waals surface area contributed by atoms with Crippen LogP contribution in [0.25, 0.3) is 0 Å². The highest BCUT2D eigenvalue weighted by atomic mass is 16.7. The standard InChI is InChI=1S/C33H44O25/c1-12(23(36)37)52-28(44)17(6)55-26(42)15(4)50-21(34)10-33(49,32(48)58-20(9)31(47)57-19(8)30(46)54-14(3)25(40)41)11-22(35)51-16(5)27(43)56-18(7)29(45)53-13(2)24(38)39/h12-20,49H,10-11H2,1-9H3,(H,36,37)(H,38,39)(H,40,41). The summed E-state index contributed by atoms with van der Waals surface area (Å²) in [6.45, 7) is 8.58. The molecule has 0 radical (unpaired) electrons. The number of carbonyl (C=O) groups is 12. The minimum Gasteiger partial charge on any atom is -0.479 e. The molecule has 0 aromatic carbocycles. The van der Waals surface area contributed by atoms with Gasteiger partial charge in [-0.3, -0.25) is 9.59 Å². The molecular weight excluding hydrogens is 796 g/mol. The molecular formula is C33H44O25. The van der Waals surface area contributed by atoms with Gasteiger partial charge >= 0.3 is 71.6 Å². The van der Waals surface area contributed by atoms with Gasteiger partial charge in [0.1, 0.15) is 0 Å². The van der Waals surface area contributed by atoms with Gasteiger partial charge < -0.3 is 63.1 Å². The Labute approximate surface area is 328 Å². The summed E-state index contributed by atoms with van der Waals surface area (Å²) in [4.78, 5) is 145. The fraction of sp³-hybridized carbons (Fsp3) is 0.636. The molecule has 0 aliphatic carbocycles. The Kier molecular flexibility index (Phi) is 20.4. The Morgan fingerprint density at radius 1 is 0.345 bits per heavy atom. The zero-order chi connectivity index (χ0) is 45.4. The van der Waals surface area contributed by atoms with E-state index in [1.807, 2.05) is 0 Å². The molecule has 9 atom stereocenters. The normalized spacial score (nSPS) is 16.4. The van der Waals surface area contributed by atoms with Crippen molar-refractivity contribution in [3.8, 4) is 0 Å². The SMILES string of the molecule is CC(OC(=O)C(C)OC(=O)C(C)OC(=O)CC(O)(CC(=O)OC(C)C(=O)OC(C)C(=O)OC(C)C(=O)O)C(=O)OC(C)C(=O)OC(C)C(=O)OC(C)C(=O)O)C(=O)O. The van der Waals surface area contributed by atoms with Crippen LogP contribution >= 0.6 is 0 Å². The highest BCUT2D eigenvalue weighted by Gasteiger charge is 2.46. The molecule has 9 unspecified atom stereocenters. The predicted molar refractivity (Wildman–Crippen MR) is 177 cm³/mol. The van der Waals surface area contributed by atoms with Gasteiger partial charge in [0.25, 0.3) is 0 Å². The molecule has 4 N–H and O–H groups in total. The smallest absolute Gasteiger partial charge is 0.347 e. The molecule has 25 heteroatoms. The molecule has 0 heterocycles. The van der Waals surface area contributed by atoms with Crippen molar-refractivity contribution in [2.75, 3.05) is 0 Å². The number of hydrogen-bond donors (Lipinski definition) is 4. The molecule has 0 aliphatic rings. The van der Waals surface area contributed by atoms with Crippen molar-refractivity contribution >= 4 is 71.6 Å². The highest BCUT2D eigenvalue weighted by Crippen LogP contribution is 2.23. The fourth-order valence-electron chi connectivity index (χ4n) is 3.49.